The van der Waals surface area contributed by atoms with Gasteiger partial charge in [0.15, 0.2) is 0 Å². The van der Waals surface area contributed by atoms with Crippen LogP contribution in [0, 0.1) is 5.92 Å². The highest BCUT2D eigenvalue weighted by atomic mass is 35.5. The molecule has 2 amide bonds. The number of primary amides is 1. The Kier molecular flexibility index (Phi) is 6.01. The zero-order valence-corrected chi connectivity index (χ0v) is 13.5. The van der Waals surface area contributed by atoms with Crippen molar-refractivity contribution >= 4 is 29.5 Å². The van der Waals surface area contributed by atoms with Crippen LogP contribution >= 0.6 is 11.6 Å². The van der Waals surface area contributed by atoms with Crippen molar-refractivity contribution in [2.45, 2.75) is 38.6 Å². The topological polar surface area (TPSA) is 67.5 Å². The van der Waals surface area contributed by atoms with Crippen molar-refractivity contribution in [3.63, 3.8) is 0 Å². The maximum absolute atomic E-state index is 11.1. The van der Waals surface area contributed by atoms with E-state index in [0.29, 0.717) is 10.9 Å². The maximum Gasteiger partial charge on any atom is 0.317 e. The molecule has 1 aliphatic rings. The number of nitrogens with two attached hydrogens (primary N) is 1. The summed E-state index contributed by atoms with van der Waals surface area (Å²) in [5, 5.41) is 3.29. The molecule has 0 aromatic heterocycles. The van der Waals surface area contributed by atoms with Gasteiger partial charge in [-0.15, -0.1) is 0 Å². The van der Waals surface area contributed by atoms with E-state index in [1.165, 1.54) is 12.8 Å². The van der Waals surface area contributed by atoms with E-state index in [1.54, 1.807) is 6.08 Å². The molecular formula is C17H22ClN3O. The van der Waals surface area contributed by atoms with Crippen molar-refractivity contribution in [3.05, 3.63) is 40.9 Å². The molecule has 4 nitrogen and oxygen atoms in total. The van der Waals surface area contributed by atoms with Crippen LogP contribution in [-0.2, 0) is 0 Å². The van der Waals surface area contributed by atoms with E-state index in [4.69, 9.17) is 17.3 Å². The summed E-state index contributed by atoms with van der Waals surface area (Å²) in [6, 6.07) is 7.12. The smallest absolute Gasteiger partial charge is 0.317 e. The zero-order chi connectivity index (χ0) is 15.9. The molecule has 0 saturated heterocycles. The Hall–Kier alpha value is -1.81. The standard InChI is InChI=1S/C17H22ClN3O/c1-12-2-9-15(10-3-12)20-16(21-17(19)22)11-6-13-4-7-14(18)8-5-13/h4-8,11-12,15H,2-3,9-10H2,1H3,(H3,19,20,21,22). The summed E-state index contributed by atoms with van der Waals surface area (Å²) in [4.78, 5) is 15.8. The van der Waals surface area contributed by atoms with Crippen molar-refractivity contribution in [2.24, 2.45) is 16.6 Å². The lowest BCUT2D eigenvalue weighted by atomic mass is 9.88. The molecule has 1 aliphatic carbocycles. The minimum Gasteiger partial charge on any atom is -0.351 e. The van der Waals surface area contributed by atoms with Crippen LogP contribution in [0.15, 0.2) is 35.3 Å². The number of rotatable bonds is 3. The van der Waals surface area contributed by atoms with E-state index >= 15 is 0 Å². The number of nitrogens with one attached hydrogen (secondary N) is 1. The predicted octanol–water partition coefficient (Wildman–Crippen LogP) is 4.00. The summed E-state index contributed by atoms with van der Waals surface area (Å²) < 4.78 is 0. The largest absolute Gasteiger partial charge is 0.351 e. The van der Waals surface area contributed by atoms with Crippen LogP contribution in [0.2, 0.25) is 5.02 Å². The molecule has 0 bridgehead atoms. The number of nitrogens with zero attached hydrogens (tertiary/aromatic N) is 1. The Bertz CT molecular complexity index is 558. The van der Waals surface area contributed by atoms with Crippen molar-refractivity contribution < 1.29 is 4.79 Å². The average molecular weight is 320 g/mol. The first-order chi connectivity index (χ1) is 10.5. The lowest BCUT2D eigenvalue weighted by Crippen LogP contribution is -2.35. The zero-order valence-electron chi connectivity index (χ0n) is 12.8. The van der Waals surface area contributed by atoms with Gasteiger partial charge in [0, 0.05) is 5.02 Å². The summed E-state index contributed by atoms with van der Waals surface area (Å²) >= 11 is 5.86. The van der Waals surface area contributed by atoms with Crippen LogP contribution in [0.5, 0.6) is 0 Å². The monoisotopic (exact) mass is 319 g/mol. The van der Waals surface area contributed by atoms with E-state index < -0.39 is 6.03 Å². The van der Waals surface area contributed by atoms with Gasteiger partial charge in [-0.3, -0.25) is 10.3 Å². The van der Waals surface area contributed by atoms with Crippen molar-refractivity contribution in [1.82, 2.24) is 5.32 Å². The molecule has 0 heterocycles. The molecule has 1 aromatic carbocycles. The molecular weight excluding hydrogens is 298 g/mol. The first-order valence-corrected chi connectivity index (χ1v) is 7.98. The first-order valence-electron chi connectivity index (χ1n) is 7.61. The second-order valence-electron chi connectivity index (χ2n) is 5.80. The number of carbonyl (C=O) groups excluding carboxylic acids is 1. The van der Waals surface area contributed by atoms with Gasteiger partial charge < -0.3 is 5.73 Å². The Labute approximate surface area is 136 Å². The summed E-state index contributed by atoms with van der Waals surface area (Å²) in [6.45, 7) is 2.27. The van der Waals surface area contributed by atoms with E-state index in [0.717, 1.165) is 24.3 Å². The number of aliphatic imine (C=N–C) groups is 1. The van der Waals surface area contributed by atoms with Gasteiger partial charge in [0.25, 0.3) is 0 Å². The Morgan fingerprint density at radius 1 is 1.27 bits per heavy atom. The summed E-state index contributed by atoms with van der Waals surface area (Å²) in [5.41, 5.74) is 6.21. The summed E-state index contributed by atoms with van der Waals surface area (Å²) in [7, 11) is 0. The normalized spacial score (nSPS) is 22.7. The van der Waals surface area contributed by atoms with E-state index in [-0.39, 0.29) is 6.04 Å². The second kappa shape index (κ2) is 7.99. The van der Waals surface area contributed by atoms with Crippen molar-refractivity contribution in [1.29, 1.82) is 0 Å². The quantitative estimate of drug-likeness (QED) is 0.641. The van der Waals surface area contributed by atoms with E-state index in [2.05, 4.69) is 17.2 Å². The van der Waals surface area contributed by atoms with Gasteiger partial charge in [-0.05, 0) is 55.4 Å². The second-order valence-corrected chi connectivity index (χ2v) is 6.24. The minimum absolute atomic E-state index is 0.257. The van der Waals surface area contributed by atoms with E-state index in [9.17, 15) is 4.79 Å². The SMILES string of the molecule is CC1CCC(N=C(C=Cc2ccc(Cl)cc2)NC(N)=O)CC1. The number of halogens is 1. The number of hydrogen-bond donors (Lipinski definition) is 2. The van der Waals surface area contributed by atoms with Crippen molar-refractivity contribution in [3.8, 4) is 0 Å². The molecule has 0 radical (unpaired) electrons. The fourth-order valence-corrected chi connectivity index (χ4v) is 2.69. The van der Waals surface area contributed by atoms with Gasteiger partial charge in [0.1, 0.15) is 5.84 Å². The number of amides is 2. The average Bonchev–Trinajstić information content (AvgIpc) is 2.48. The highest BCUT2D eigenvalue weighted by Gasteiger charge is 2.17. The number of hydrogen-bond acceptors (Lipinski definition) is 2. The van der Waals surface area contributed by atoms with Crippen LogP contribution in [0.1, 0.15) is 38.2 Å². The number of urea groups is 1. The molecule has 0 spiro atoms. The third-order valence-electron chi connectivity index (χ3n) is 3.86. The maximum atomic E-state index is 11.1. The lowest BCUT2D eigenvalue weighted by molar-refractivity contribution is 0.253. The summed E-state index contributed by atoms with van der Waals surface area (Å²) in [5.74, 6) is 1.28. The third-order valence-corrected chi connectivity index (χ3v) is 4.11. The van der Waals surface area contributed by atoms with Gasteiger partial charge in [0.05, 0.1) is 6.04 Å². The number of amidine groups is 1. The minimum atomic E-state index is -0.594. The van der Waals surface area contributed by atoms with Gasteiger partial charge in [-0.2, -0.15) is 0 Å². The first kappa shape index (κ1) is 16.6. The molecule has 1 saturated carbocycles. The van der Waals surface area contributed by atoms with Crippen LogP contribution < -0.4 is 11.1 Å². The number of benzene rings is 1. The van der Waals surface area contributed by atoms with Crippen LogP contribution in [0.25, 0.3) is 6.08 Å². The molecule has 0 unspecified atom stereocenters. The Morgan fingerprint density at radius 3 is 2.50 bits per heavy atom. The van der Waals surface area contributed by atoms with Gasteiger partial charge in [-0.25, -0.2) is 4.79 Å². The predicted molar refractivity (Wildman–Crippen MR) is 92.1 cm³/mol. The van der Waals surface area contributed by atoms with E-state index in [1.807, 2.05) is 30.3 Å². The van der Waals surface area contributed by atoms with Crippen LogP contribution in [0.3, 0.4) is 0 Å². The van der Waals surface area contributed by atoms with Crippen LogP contribution in [0.4, 0.5) is 4.79 Å². The molecule has 5 heteroatoms. The number of carbonyl (C=O) groups is 1. The van der Waals surface area contributed by atoms with Crippen molar-refractivity contribution in [2.75, 3.05) is 0 Å². The Balaban J connectivity index is 2.08. The molecule has 0 aliphatic heterocycles. The fourth-order valence-electron chi connectivity index (χ4n) is 2.56. The highest BCUT2D eigenvalue weighted by molar-refractivity contribution is 6.30. The fraction of sp³-hybridized carbons (Fsp3) is 0.412. The van der Waals surface area contributed by atoms with Crippen LogP contribution in [-0.4, -0.2) is 17.9 Å². The highest BCUT2D eigenvalue weighted by Crippen LogP contribution is 2.25. The molecule has 3 N–H and O–H groups in total. The molecule has 22 heavy (non-hydrogen) atoms. The molecule has 118 valence electrons. The summed E-state index contributed by atoms with van der Waals surface area (Å²) in [6.07, 6.45) is 8.14. The molecule has 1 fully saturated rings. The molecule has 1 aromatic rings. The van der Waals surface area contributed by atoms with Gasteiger partial charge in [0.2, 0.25) is 0 Å². The lowest BCUT2D eigenvalue weighted by Gasteiger charge is -2.23. The molecule has 0 atom stereocenters. The van der Waals surface area contributed by atoms with Gasteiger partial charge >= 0.3 is 6.03 Å². The third kappa shape index (κ3) is 5.53. The molecule has 2 rings (SSSR count). The van der Waals surface area contributed by atoms with Gasteiger partial charge in [-0.1, -0.05) is 36.7 Å². The Morgan fingerprint density at radius 2 is 1.91 bits per heavy atom.